The van der Waals surface area contributed by atoms with E-state index in [0.717, 1.165) is 6.42 Å². The maximum absolute atomic E-state index is 12.3. The van der Waals surface area contributed by atoms with Crippen LogP contribution < -0.4 is 0 Å². The van der Waals surface area contributed by atoms with Crippen molar-refractivity contribution in [2.24, 2.45) is 11.3 Å². The number of ketones is 1. The van der Waals surface area contributed by atoms with E-state index in [4.69, 9.17) is 14.2 Å². The molecule has 2 fully saturated rings. The van der Waals surface area contributed by atoms with E-state index in [9.17, 15) is 14.4 Å². The Labute approximate surface area is 144 Å². The van der Waals surface area contributed by atoms with Crippen molar-refractivity contribution in [3.63, 3.8) is 0 Å². The Bertz CT molecular complexity index is 505. The van der Waals surface area contributed by atoms with Crippen LogP contribution in [0.3, 0.4) is 0 Å². The SMILES string of the molecule is CC(C)CCOCC1CC2(CC(C)(C(=O)CBr)OC2=O)C(=O)O1. The molecule has 130 valence electrons. The van der Waals surface area contributed by atoms with Crippen LogP contribution in [-0.4, -0.2) is 48.0 Å². The number of Topliss-reactive ketones (excluding diaryl/α,β-unsaturated/α-hetero) is 1. The fourth-order valence-corrected chi connectivity index (χ4v) is 3.59. The molecular formula is C16H23BrO6. The number of ether oxygens (including phenoxy) is 3. The highest BCUT2D eigenvalue weighted by atomic mass is 79.9. The van der Waals surface area contributed by atoms with Gasteiger partial charge >= 0.3 is 11.9 Å². The van der Waals surface area contributed by atoms with Crippen LogP contribution in [0.2, 0.25) is 0 Å². The highest BCUT2D eigenvalue weighted by Gasteiger charge is 2.66. The van der Waals surface area contributed by atoms with E-state index in [0.29, 0.717) is 12.5 Å². The van der Waals surface area contributed by atoms with Gasteiger partial charge in [0.25, 0.3) is 0 Å². The summed E-state index contributed by atoms with van der Waals surface area (Å²) in [5.41, 5.74) is -2.63. The molecule has 2 aliphatic rings. The van der Waals surface area contributed by atoms with Crippen molar-refractivity contribution in [3.8, 4) is 0 Å². The molecule has 0 radical (unpaired) electrons. The fraction of sp³-hybridized carbons (Fsp3) is 0.812. The minimum atomic E-state index is -1.36. The Morgan fingerprint density at radius 1 is 1.39 bits per heavy atom. The Morgan fingerprint density at radius 3 is 2.70 bits per heavy atom. The molecule has 23 heavy (non-hydrogen) atoms. The molecule has 0 aliphatic carbocycles. The van der Waals surface area contributed by atoms with Gasteiger partial charge in [0.2, 0.25) is 0 Å². The first kappa shape index (κ1) is 18.4. The lowest BCUT2D eigenvalue weighted by Gasteiger charge is -2.20. The zero-order chi connectivity index (χ0) is 17.3. The van der Waals surface area contributed by atoms with Gasteiger partial charge in [0.15, 0.2) is 16.8 Å². The molecule has 2 saturated heterocycles. The summed E-state index contributed by atoms with van der Waals surface area (Å²) in [4.78, 5) is 36.5. The van der Waals surface area contributed by atoms with Gasteiger partial charge in [0, 0.05) is 19.4 Å². The summed E-state index contributed by atoms with van der Waals surface area (Å²) in [6.07, 6.45) is 0.692. The molecule has 0 saturated carbocycles. The number of cyclic esters (lactones) is 2. The lowest BCUT2D eigenvalue weighted by molar-refractivity contribution is -0.162. The topological polar surface area (TPSA) is 78.9 Å². The van der Waals surface area contributed by atoms with Gasteiger partial charge < -0.3 is 14.2 Å². The zero-order valence-corrected chi connectivity index (χ0v) is 15.3. The smallest absolute Gasteiger partial charge is 0.324 e. The largest absolute Gasteiger partial charge is 0.459 e. The van der Waals surface area contributed by atoms with Crippen molar-refractivity contribution in [1.82, 2.24) is 0 Å². The monoisotopic (exact) mass is 390 g/mol. The van der Waals surface area contributed by atoms with Gasteiger partial charge in [-0.1, -0.05) is 29.8 Å². The number of carbonyl (C=O) groups excluding carboxylic acids is 3. The van der Waals surface area contributed by atoms with Crippen LogP contribution in [0.1, 0.15) is 40.0 Å². The molecule has 2 aliphatic heterocycles. The summed E-state index contributed by atoms with van der Waals surface area (Å²) in [5, 5.41) is 0.0731. The number of rotatable bonds is 7. The van der Waals surface area contributed by atoms with Gasteiger partial charge in [-0.25, -0.2) is 0 Å². The minimum absolute atomic E-state index is 0.0323. The van der Waals surface area contributed by atoms with Crippen LogP contribution >= 0.6 is 15.9 Å². The lowest BCUT2D eigenvalue weighted by Crippen LogP contribution is -2.37. The summed E-state index contributed by atoms with van der Waals surface area (Å²) in [5.74, 6) is -0.990. The number of hydrogen-bond acceptors (Lipinski definition) is 6. The quantitative estimate of drug-likeness (QED) is 0.286. The second-order valence-corrected chi connectivity index (χ2v) is 7.49. The molecule has 3 atom stereocenters. The number of halogens is 1. The van der Waals surface area contributed by atoms with Gasteiger partial charge in [-0.2, -0.15) is 0 Å². The molecule has 3 unspecified atom stereocenters. The van der Waals surface area contributed by atoms with Crippen molar-refractivity contribution >= 4 is 33.7 Å². The van der Waals surface area contributed by atoms with Crippen molar-refractivity contribution in [2.45, 2.75) is 51.7 Å². The molecule has 0 bridgehead atoms. The average Bonchev–Trinajstić information content (AvgIpc) is 2.93. The maximum Gasteiger partial charge on any atom is 0.324 e. The molecule has 0 N–H and O–H groups in total. The summed E-state index contributed by atoms with van der Waals surface area (Å²) in [6.45, 7) is 6.59. The van der Waals surface area contributed by atoms with Crippen molar-refractivity contribution in [1.29, 1.82) is 0 Å². The molecular weight excluding hydrogens is 368 g/mol. The van der Waals surface area contributed by atoms with Gasteiger partial charge in [-0.05, 0) is 19.3 Å². The third kappa shape index (κ3) is 3.60. The van der Waals surface area contributed by atoms with Crippen molar-refractivity contribution < 1.29 is 28.6 Å². The number of esters is 2. The molecule has 0 aromatic heterocycles. The van der Waals surface area contributed by atoms with Crippen LogP contribution in [-0.2, 0) is 28.6 Å². The van der Waals surface area contributed by atoms with E-state index in [-0.39, 0.29) is 30.6 Å². The van der Waals surface area contributed by atoms with E-state index in [2.05, 4.69) is 29.8 Å². The van der Waals surface area contributed by atoms with E-state index in [1.165, 1.54) is 0 Å². The van der Waals surface area contributed by atoms with E-state index < -0.39 is 29.1 Å². The summed E-state index contributed by atoms with van der Waals surface area (Å²) >= 11 is 3.08. The maximum atomic E-state index is 12.3. The fourth-order valence-electron chi connectivity index (χ4n) is 3.00. The van der Waals surface area contributed by atoms with Gasteiger partial charge in [-0.3, -0.25) is 14.4 Å². The summed E-state index contributed by atoms with van der Waals surface area (Å²) < 4.78 is 16.1. The minimum Gasteiger partial charge on any atom is -0.459 e. The first-order valence-corrected chi connectivity index (χ1v) is 8.97. The van der Waals surface area contributed by atoms with Crippen LogP contribution in [0.25, 0.3) is 0 Å². The standard InChI is InChI=1S/C16H23BrO6/c1-10(2)4-5-21-8-11-6-16(13(19)22-11)9-15(3,12(18)7-17)23-14(16)20/h10-11H,4-9H2,1-3H3. The lowest BCUT2D eigenvalue weighted by atomic mass is 9.77. The van der Waals surface area contributed by atoms with Crippen LogP contribution in [0.5, 0.6) is 0 Å². The van der Waals surface area contributed by atoms with E-state index in [1.54, 1.807) is 6.92 Å². The Kier molecular flexibility index (Phi) is 5.51. The third-order valence-corrected chi connectivity index (χ3v) is 4.95. The predicted molar refractivity (Wildman–Crippen MR) is 85.1 cm³/mol. The second-order valence-electron chi connectivity index (χ2n) is 6.92. The highest BCUT2D eigenvalue weighted by Crippen LogP contribution is 2.49. The van der Waals surface area contributed by atoms with Crippen LogP contribution in [0.15, 0.2) is 0 Å². The normalized spacial score (nSPS) is 33.3. The highest BCUT2D eigenvalue weighted by molar-refractivity contribution is 9.09. The Hall–Kier alpha value is -0.950. The summed E-state index contributed by atoms with van der Waals surface area (Å²) in [7, 11) is 0. The zero-order valence-electron chi connectivity index (χ0n) is 13.7. The number of hydrogen-bond donors (Lipinski definition) is 0. The van der Waals surface area contributed by atoms with Gasteiger partial charge in [0.05, 0.1) is 11.9 Å². The average molecular weight is 391 g/mol. The first-order chi connectivity index (χ1) is 10.7. The van der Waals surface area contributed by atoms with Crippen molar-refractivity contribution in [2.75, 3.05) is 18.5 Å². The van der Waals surface area contributed by atoms with Crippen molar-refractivity contribution in [3.05, 3.63) is 0 Å². The summed E-state index contributed by atoms with van der Waals surface area (Å²) in [6, 6.07) is 0. The molecule has 6 nitrogen and oxygen atoms in total. The molecule has 2 heterocycles. The van der Waals surface area contributed by atoms with E-state index >= 15 is 0 Å². The third-order valence-electron chi connectivity index (χ3n) is 4.44. The van der Waals surface area contributed by atoms with Gasteiger partial charge in [-0.15, -0.1) is 0 Å². The number of carbonyl (C=O) groups is 3. The van der Waals surface area contributed by atoms with E-state index in [1.807, 2.05) is 0 Å². The second kappa shape index (κ2) is 6.89. The van der Waals surface area contributed by atoms with Gasteiger partial charge in [0.1, 0.15) is 6.10 Å². The molecule has 7 heteroatoms. The predicted octanol–water partition coefficient (Wildman–Crippen LogP) is 2.02. The van der Waals surface area contributed by atoms with Crippen LogP contribution in [0.4, 0.5) is 0 Å². The number of alkyl halides is 1. The molecule has 0 aromatic rings. The first-order valence-electron chi connectivity index (χ1n) is 7.85. The Balaban J connectivity index is 1.99. The molecule has 2 rings (SSSR count). The molecule has 0 amide bonds. The van der Waals surface area contributed by atoms with Crippen LogP contribution in [0, 0.1) is 11.3 Å². The molecule has 0 aromatic carbocycles. The Morgan fingerprint density at radius 2 is 2.09 bits per heavy atom. The molecule has 1 spiro atoms.